The Kier molecular flexibility index (Phi) is 5.39. The van der Waals surface area contributed by atoms with E-state index >= 15 is 0 Å². The predicted molar refractivity (Wildman–Crippen MR) is 101 cm³/mol. The minimum atomic E-state index is -0.526. The molecule has 146 valence electrons. The number of carbonyl (C=O) groups excluding carboxylic acids is 3. The van der Waals surface area contributed by atoms with Crippen LogP contribution in [0.1, 0.15) is 45.1 Å². The van der Waals surface area contributed by atoms with Gasteiger partial charge in [-0.2, -0.15) is 0 Å². The summed E-state index contributed by atoms with van der Waals surface area (Å²) in [5, 5.41) is 2.87. The molecule has 27 heavy (non-hydrogen) atoms. The van der Waals surface area contributed by atoms with Crippen LogP contribution in [-0.4, -0.2) is 59.5 Å². The fourth-order valence-electron chi connectivity index (χ4n) is 3.45. The molecule has 2 heterocycles. The molecule has 3 amide bonds. The standard InChI is InChI=1S/C20H27N3O4/c1-20(2,3)27-19(26)23-12-10-22(11-13-23)17(24)9-8-15-14-6-4-5-7-16(14)21-18(15)25/h4-7,15H,8-13H2,1-3H3,(H,21,25)/t15-/m0/s1. The van der Waals surface area contributed by atoms with Crippen molar-refractivity contribution >= 4 is 23.6 Å². The molecule has 1 aromatic rings. The van der Waals surface area contributed by atoms with Gasteiger partial charge in [0, 0.05) is 38.3 Å². The minimum Gasteiger partial charge on any atom is -0.444 e. The van der Waals surface area contributed by atoms with Gasteiger partial charge in [-0.25, -0.2) is 4.79 Å². The van der Waals surface area contributed by atoms with Crippen molar-refractivity contribution in [3.8, 4) is 0 Å². The molecule has 0 spiro atoms. The maximum atomic E-state index is 12.5. The van der Waals surface area contributed by atoms with E-state index in [-0.39, 0.29) is 23.8 Å². The Morgan fingerprint density at radius 2 is 1.74 bits per heavy atom. The Morgan fingerprint density at radius 3 is 2.41 bits per heavy atom. The van der Waals surface area contributed by atoms with Crippen LogP contribution in [0.3, 0.4) is 0 Å². The van der Waals surface area contributed by atoms with E-state index in [2.05, 4.69) is 5.32 Å². The molecule has 0 saturated carbocycles. The van der Waals surface area contributed by atoms with Crippen LogP contribution in [0, 0.1) is 0 Å². The van der Waals surface area contributed by atoms with Crippen molar-refractivity contribution in [3.05, 3.63) is 29.8 Å². The number of rotatable bonds is 3. The summed E-state index contributed by atoms with van der Waals surface area (Å²) < 4.78 is 5.37. The highest BCUT2D eigenvalue weighted by molar-refractivity contribution is 6.03. The number of amides is 3. The topological polar surface area (TPSA) is 79.0 Å². The Bertz CT molecular complexity index is 733. The average Bonchev–Trinajstić information content (AvgIpc) is 2.93. The van der Waals surface area contributed by atoms with Gasteiger partial charge < -0.3 is 19.9 Å². The van der Waals surface area contributed by atoms with Gasteiger partial charge in [-0.15, -0.1) is 0 Å². The third-order valence-electron chi connectivity index (χ3n) is 4.84. The zero-order valence-corrected chi connectivity index (χ0v) is 16.2. The van der Waals surface area contributed by atoms with Crippen LogP contribution in [0.15, 0.2) is 24.3 Å². The lowest BCUT2D eigenvalue weighted by Gasteiger charge is -2.35. The third-order valence-corrected chi connectivity index (χ3v) is 4.84. The number of nitrogens with zero attached hydrogens (tertiary/aromatic N) is 2. The molecule has 0 radical (unpaired) electrons. The zero-order valence-electron chi connectivity index (χ0n) is 16.2. The molecule has 7 heteroatoms. The molecule has 2 aliphatic heterocycles. The maximum absolute atomic E-state index is 12.5. The molecule has 1 atom stereocenters. The zero-order chi connectivity index (χ0) is 19.6. The number of fused-ring (bicyclic) bond motifs is 1. The van der Waals surface area contributed by atoms with Gasteiger partial charge >= 0.3 is 6.09 Å². The first kappa shape index (κ1) is 19.2. The van der Waals surface area contributed by atoms with E-state index in [1.807, 2.05) is 45.0 Å². The summed E-state index contributed by atoms with van der Waals surface area (Å²) in [4.78, 5) is 40.2. The first-order chi connectivity index (χ1) is 12.7. The smallest absolute Gasteiger partial charge is 0.410 e. The highest BCUT2D eigenvalue weighted by Gasteiger charge is 2.32. The maximum Gasteiger partial charge on any atom is 0.410 e. The fraction of sp³-hybridized carbons (Fsp3) is 0.550. The summed E-state index contributed by atoms with van der Waals surface area (Å²) in [7, 11) is 0. The van der Waals surface area contributed by atoms with Crippen LogP contribution in [0.2, 0.25) is 0 Å². The van der Waals surface area contributed by atoms with Gasteiger partial charge in [0.05, 0.1) is 5.92 Å². The monoisotopic (exact) mass is 373 g/mol. The lowest BCUT2D eigenvalue weighted by molar-refractivity contribution is -0.133. The molecule has 1 aromatic carbocycles. The van der Waals surface area contributed by atoms with Crippen molar-refractivity contribution in [2.75, 3.05) is 31.5 Å². The van der Waals surface area contributed by atoms with E-state index < -0.39 is 5.60 Å². The van der Waals surface area contributed by atoms with Crippen molar-refractivity contribution in [1.82, 2.24) is 9.80 Å². The first-order valence-electron chi connectivity index (χ1n) is 9.40. The average molecular weight is 373 g/mol. The van der Waals surface area contributed by atoms with Crippen molar-refractivity contribution in [2.45, 2.75) is 45.1 Å². The SMILES string of the molecule is CC(C)(C)OC(=O)N1CCN(C(=O)CC[C@@H]2C(=O)Nc3ccccc32)CC1. The number of piperazine rings is 1. The summed E-state index contributed by atoms with van der Waals surface area (Å²) in [6.45, 7) is 7.42. The predicted octanol–water partition coefficient (Wildman–Crippen LogP) is 2.58. The minimum absolute atomic E-state index is 0.0241. The molecule has 1 fully saturated rings. The highest BCUT2D eigenvalue weighted by Crippen LogP contribution is 2.35. The second-order valence-corrected chi connectivity index (χ2v) is 8.02. The summed E-state index contributed by atoms with van der Waals surface area (Å²) in [5.74, 6) is -0.289. The fourth-order valence-corrected chi connectivity index (χ4v) is 3.45. The molecule has 0 unspecified atom stereocenters. The van der Waals surface area contributed by atoms with Crippen molar-refractivity contribution in [3.63, 3.8) is 0 Å². The lowest BCUT2D eigenvalue weighted by atomic mass is 9.95. The Labute approximate surface area is 159 Å². The molecular weight excluding hydrogens is 346 g/mol. The second-order valence-electron chi connectivity index (χ2n) is 8.02. The molecule has 1 N–H and O–H groups in total. The van der Waals surface area contributed by atoms with Crippen molar-refractivity contribution < 1.29 is 19.1 Å². The van der Waals surface area contributed by atoms with Crippen LogP contribution in [-0.2, 0) is 14.3 Å². The number of carbonyl (C=O) groups is 3. The number of benzene rings is 1. The Balaban J connectivity index is 1.48. The van der Waals surface area contributed by atoms with Crippen LogP contribution >= 0.6 is 0 Å². The molecule has 1 saturated heterocycles. The second kappa shape index (κ2) is 7.58. The molecule has 2 aliphatic rings. The van der Waals surface area contributed by atoms with Gasteiger partial charge in [0.25, 0.3) is 0 Å². The third kappa shape index (κ3) is 4.59. The van der Waals surface area contributed by atoms with Gasteiger partial charge in [0.2, 0.25) is 11.8 Å². The van der Waals surface area contributed by atoms with Crippen molar-refractivity contribution in [2.24, 2.45) is 0 Å². The molecular formula is C20H27N3O4. The van der Waals surface area contributed by atoms with Crippen LogP contribution in [0.5, 0.6) is 0 Å². The number of hydrogen-bond donors (Lipinski definition) is 1. The van der Waals surface area contributed by atoms with Gasteiger partial charge in [-0.05, 0) is 38.8 Å². The quantitative estimate of drug-likeness (QED) is 0.883. The van der Waals surface area contributed by atoms with Crippen molar-refractivity contribution in [1.29, 1.82) is 0 Å². The first-order valence-corrected chi connectivity index (χ1v) is 9.40. The molecule has 7 nitrogen and oxygen atoms in total. The molecule has 3 rings (SSSR count). The molecule has 0 aromatic heterocycles. The van der Waals surface area contributed by atoms with Gasteiger partial charge in [0.15, 0.2) is 0 Å². The highest BCUT2D eigenvalue weighted by atomic mass is 16.6. The van der Waals surface area contributed by atoms with E-state index in [0.717, 1.165) is 11.3 Å². The number of anilines is 1. The number of nitrogens with one attached hydrogen (secondary N) is 1. The van der Waals surface area contributed by atoms with E-state index in [1.54, 1.807) is 9.80 Å². The van der Waals surface area contributed by atoms with Crippen LogP contribution < -0.4 is 5.32 Å². The van der Waals surface area contributed by atoms with E-state index in [4.69, 9.17) is 4.74 Å². The lowest BCUT2D eigenvalue weighted by Crippen LogP contribution is -2.51. The van der Waals surface area contributed by atoms with Gasteiger partial charge in [0.1, 0.15) is 5.60 Å². The van der Waals surface area contributed by atoms with E-state index in [1.165, 1.54) is 0 Å². The Hall–Kier alpha value is -2.57. The van der Waals surface area contributed by atoms with Crippen LogP contribution in [0.4, 0.5) is 10.5 Å². The Morgan fingerprint density at radius 1 is 1.11 bits per heavy atom. The number of para-hydroxylation sites is 1. The van der Waals surface area contributed by atoms with Crippen LogP contribution in [0.25, 0.3) is 0 Å². The van der Waals surface area contributed by atoms with Gasteiger partial charge in [-0.3, -0.25) is 9.59 Å². The number of ether oxygens (including phenoxy) is 1. The summed E-state index contributed by atoms with van der Waals surface area (Å²) in [6, 6.07) is 7.60. The summed E-state index contributed by atoms with van der Waals surface area (Å²) in [6.07, 6.45) is 0.473. The molecule has 0 aliphatic carbocycles. The number of hydrogen-bond acceptors (Lipinski definition) is 4. The van der Waals surface area contributed by atoms with E-state index in [9.17, 15) is 14.4 Å². The normalized spacial score (nSPS) is 19.5. The summed E-state index contributed by atoms with van der Waals surface area (Å²) >= 11 is 0. The van der Waals surface area contributed by atoms with E-state index in [0.29, 0.717) is 39.0 Å². The molecule has 0 bridgehead atoms. The summed E-state index contributed by atoms with van der Waals surface area (Å²) in [5.41, 5.74) is 1.28. The largest absolute Gasteiger partial charge is 0.444 e. The van der Waals surface area contributed by atoms with Gasteiger partial charge in [-0.1, -0.05) is 18.2 Å².